The highest BCUT2D eigenvalue weighted by Gasteiger charge is 2.07. The van der Waals surface area contributed by atoms with E-state index in [-0.39, 0.29) is 23.3 Å². The number of nitrogens with one attached hydrogen (secondary N) is 2. The molecule has 0 aliphatic rings. The maximum atomic E-state index is 11.5. The standard InChI is InChI=1S/C12H12ClN5O2/c13-10-9(14)11(16-7-15-10)17-18-12(19)20-6-8-4-2-1-3-5-8/h1-5,7H,6,14H2,(H,18,19)(H,15,16,17). The molecule has 4 N–H and O–H groups in total. The number of hydrazine groups is 1. The van der Waals surface area contributed by atoms with Crippen molar-refractivity contribution < 1.29 is 9.53 Å². The third-order valence-corrected chi connectivity index (χ3v) is 2.63. The lowest BCUT2D eigenvalue weighted by Gasteiger charge is -2.10. The lowest BCUT2D eigenvalue weighted by atomic mass is 10.2. The molecular weight excluding hydrogens is 282 g/mol. The third kappa shape index (κ3) is 3.72. The highest BCUT2D eigenvalue weighted by atomic mass is 35.5. The number of benzene rings is 1. The third-order valence-electron chi connectivity index (χ3n) is 2.33. The van der Waals surface area contributed by atoms with Gasteiger partial charge in [-0.3, -0.25) is 5.43 Å². The van der Waals surface area contributed by atoms with Gasteiger partial charge in [-0.15, -0.1) is 0 Å². The summed E-state index contributed by atoms with van der Waals surface area (Å²) in [5.41, 5.74) is 11.4. The second-order valence-corrected chi connectivity index (χ2v) is 4.10. The minimum absolute atomic E-state index is 0.0990. The first kappa shape index (κ1) is 13.9. The minimum Gasteiger partial charge on any atom is -0.443 e. The van der Waals surface area contributed by atoms with Crippen LogP contribution in [0.2, 0.25) is 5.15 Å². The summed E-state index contributed by atoms with van der Waals surface area (Å²) >= 11 is 5.71. The lowest BCUT2D eigenvalue weighted by Crippen LogP contribution is -2.30. The molecule has 8 heteroatoms. The molecule has 0 unspecified atom stereocenters. The quantitative estimate of drug-likeness (QED) is 0.588. The van der Waals surface area contributed by atoms with Gasteiger partial charge in [0.15, 0.2) is 11.0 Å². The van der Waals surface area contributed by atoms with Crippen LogP contribution in [-0.2, 0) is 11.3 Å². The monoisotopic (exact) mass is 293 g/mol. The van der Waals surface area contributed by atoms with Crippen LogP contribution in [0.5, 0.6) is 0 Å². The second kappa shape index (κ2) is 6.58. The van der Waals surface area contributed by atoms with Gasteiger partial charge in [-0.25, -0.2) is 20.2 Å². The molecule has 2 aromatic rings. The van der Waals surface area contributed by atoms with Crippen LogP contribution >= 0.6 is 11.6 Å². The highest BCUT2D eigenvalue weighted by molar-refractivity contribution is 6.32. The number of nitrogen functional groups attached to an aromatic ring is 1. The molecule has 0 spiro atoms. The number of carbonyl (C=O) groups is 1. The number of rotatable bonds is 4. The van der Waals surface area contributed by atoms with Crippen LogP contribution in [0, 0.1) is 0 Å². The lowest BCUT2D eigenvalue weighted by molar-refractivity contribution is 0.142. The summed E-state index contributed by atoms with van der Waals surface area (Å²) in [6.07, 6.45) is 0.556. The van der Waals surface area contributed by atoms with Gasteiger partial charge in [-0.2, -0.15) is 0 Å². The molecule has 0 saturated heterocycles. The van der Waals surface area contributed by atoms with Crippen LogP contribution in [0.3, 0.4) is 0 Å². The number of hydrogen-bond acceptors (Lipinski definition) is 6. The van der Waals surface area contributed by atoms with Crippen molar-refractivity contribution >= 4 is 29.2 Å². The molecule has 0 bridgehead atoms. The number of nitrogens with zero attached hydrogens (tertiary/aromatic N) is 2. The Balaban J connectivity index is 1.82. The van der Waals surface area contributed by atoms with Gasteiger partial charge < -0.3 is 10.5 Å². The molecule has 104 valence electrons. The van der Waals surface area contributed by atoms with Crippen molar-refractivity contribution in [3.8, 4) is 0 Å². The van der Waals surface area contributed by atoms with E-state index in [9.17, 15) is 4.79 Å². The van der Waals surface area contributed by atoms with Crippen molar-refractivity contribution in [3.63, 3.8) is 0 Å². The van der Waals surface area contributed by atoms with Gasteiger partial charge in [0, 0.05) is 0 Å². The van der Waals surface area contributed by atoms with Crippen molar-refractivity contribution in [2.75, 3.05) is 11.2 Å². The maximum Gasteiger partial charge on any atom is 0.426 e. The van der Waals surface area contributed by atoms with E-state index < -0.39 is 6.09 Å². The number of anilines is 2. The molecule has 0 aliphatic heterocycles. The summed E-state index contributed by atoms with van der Waals surface area (Å²) in [5, 5.41) is 0.0990. The van der Waals surface area contributed by atoms with Gasteiger partial charge in [0.2, 0.25) is 0 Å². The topological polar surface area (TPSA) is 102 Å². The molecule has 0 atom stereocenters. The van der Waals surface area contributed by atoms with Crippen LogP contribution in [0.15, 0.2) is 36.7 Å². The Morgan fingerprint density at radius 1 is 1.30 bits per heavy atom. The molecule has 0 fully saturated rings. The zero-order valence-electron chi connectivity index (χ0n) is 10.3. The Morgan fingerprint density at radius 3 is 2.80 bits per heavy atom. The molecule has 20 heavy (non-hydrogen) atoms. The first-order valence-electron chi connectivity index (χ1n) is 5.65. The van der Waals surface area contributed by atoms with Gasteiger partial charge in [0.05, 0.1) is 0 Å². The normalized spacial score (nSPS) is 9.85. The Morgan fingerprint density at radius 2 is 2.05 bits per heavy atom. The number of nitrogens with two attached hydrogens (primary N) is 1. The predicted octanol–water partition coefficient (Wildman–Crippen LogP) is 1.97. The Labute approximate surface area is 120 Å². The first-order chi connectivity index (χ1) is 9.66. The molecule has 1 aromatic heterocycles. The van der Waals surface area contributed by atoms with Crippen LogP contribution in [-0.4, -0.2) is 16.1 Å². The van der Waals surface area contributed by atoms with Crippen LogP contribution in [0.25, 0.3) is 0 Å². The van der Waals surface area contributed by atoms with Crippen LogP contribution < -0.4 is 16.6 Å². The summed E-state index contributed by atoms with van der Waals surface area (Å²) in [6.45, 7) is 0.161. The van der Waals surface area contributed by atoms with Gasteiger partial charge in [-0.05, 0) is 5.56 Å². The van der Waals surface area contributed by atoms with E-state index in [1.807, 2.05) is 30.3 Å². The number of carbonyl (C=O) groups excluding carboxylic acids is 1. The Kier molecular flexibility index (Phi) is 4.56. The summed E-state index contributed by atoms with van der Waals surface area (Å²) in [5.74, 6) is 0.196. The number of amides is 1. The van der Waals surface area contributed by atoms with Gasteiger partial charge in [0.1, 0.15) is 18.6 Å². The summed E-state index contributed by atoms with van der Waals surface area (Å²) < 4.78 is 4.99. The molecule has 1 aromatic carbocycles. The Bertz CT molecular complexity index is 594. The Hall–Kier alpha value is -2.54. The zero-order chi connectivity index (χ0) is 14.4. The molecule has 0 saturated carbocycles. The van der Waals surface area contributed by atoms with E-state index in [0.29, 0.717) is 0 Å². The molecule has 0 radical (unpaired) electrons. The molecule has 2 rings (SSSR count). The molecule has 0 aliphatic carbocycles. The fourth-order valence-corrected chi connectivity index (χ4v) is 1.48. The number of ether oxygens (including phenoxy) is 1. The molecule has 1 amide bonds. The van der Waals surface area contributed by atoms with Crippen molar-refractivity contribution in [2.24, 2.45) is 0 Å². The molecule has 7 nitrogen and oxygen atoms in total. The largest absolute Gasteiger partial charge is 0.443 e. The van der Waals surface area contributed by atoms with Crippen LogP contribution in [0.4, 0.5) is 16.3 Å². The van der Waals surface area contributed by atoms with Crippen LogP contribution in [0.1, 0.15) is 5.56 Å². The maximum absolute atomic E-state index is 11.5. The fraction of sp³-hybridized carbons (Fsp3) is 0.0833. The van der Waals surface area contributed by atoms with E-state index in [0.717, 1.165) is 5.56 Å². The first-order valence-corrected chi connectivity index (χ1v) is 6.03. The van der Waals surface area contributed by atoms with E-state index in [4.69, 9.17) is 22.1 Å². The second-order valence-electron chi connectivity index (χ2n) is 3.74. The minimum atomic E-state index is -0.664. The summed E-state index contributed by atoms with van der Waals surface area (Å²) in [6, 6.07) is 9.30. The fourth-order valence-electron chi connectivity index (χ4n) is 1.34. The van der Waals surface area contributed by atoms with E-state index in [2.05, 4.69) is 20.8 Å². The number of hydrogen-bond donors (Lipinski definition) is 3. The predicted molar refractivity (Wildman–Crippen MR) is 74.8 cm³/mol. The average molecular weight is 294 g/mol. The SMILES string of the molecule is Nc1c(Cl)ncnc1NNC(=O)OCc1ccccc1. The molecular formula is C12H12ClN5O2. The van der Waals surface area contributed by atoms with Gasteiger partial charge in [0.25, 0.3) is 0 Å². The summed E-state index contributed by atoms with van der Waals surface area (Å²) in [7, 11) is 0. The zero-order valence-corrected chi connectivity index (χ0v) is 11.1. The van der Waals surface area contributed by atoms with Gasteiger partial charge >= 0.3 is 6.09 Å². The highest BCUT2D eigenvalue weighted by Crippen LogP contribution is 2.20. The molecule has 1 heterocycles. The average Bonchev–Trinajstić information content (AvgIpc) is 2.48. The van der Waals surface area contributed by atoms with E-state index >= 15 is 0 Å². The van der Waals surface area contributed by atoms with E-state index in [1.54, 1.807) is 0 Å². The number of aromatic nitrogens is 2. The van der Waals surface area contributed by atoms with Crippen molar-refractivity contribution in [3.05, 3.63) is 47.4 Å². The van der Waals surface area contributed by atoms with E-state index in [1.165, 1.54) is 6.33 Å². The van der Waals surface area contributed by atoms with Gasteiger partial charge in [-0.1, -0.05) is 41.9 Å². The smallest absolute Gasteiger partial charge is 0.426 e. The van der Waals surface area contributed by atoms with Crippen molar-refractivity contribution in [1.29, 1.82) is 0 Å². The summed E-state index contributed by atoms with van der Waals surface area (Å²) in [4.78, 5) is 19.0. The van der Waals surface area contributed by atoms with Crippen molar-refractivity contribution in [2.45, 2.75) is 6.61 Å². The van der Waals surface area contributed by atoms with Crippen molar-refractivity contribution in [1.82, 2.24) is 15.4 Å². The number of halogens is 1.